The molecule has 0 aliphatic carbocycles. The van der Waals surface area contributed by atoms with Gasteiger partial charge in [0.2, 0.25) is 10.0 Å². The van der Waals surface area contributed by atoms with E-state index < -0.39 is 10.0 Å². The van der Waals surface area contributed by atoms with Gasteiger partial charge in [-0.2, -0.15) is 0 Å². The molecule has 0 bridgehead atoms. The van der Waals surface area contributed by atoms with Crippen LogP contribution < -0.4 is 5.14 Å². The van der Waals surface area contributed by atoms with Gasteiger partial charge >= 0.3 is 0 Å². The van der Waals surface area contributed by atoms with Crippen molar-refractivity contribution in [1.29, 1.82) is 0 Å². The first-order valence-electron chi connectivity index (χ1n) is 7.35. The molecule has 8 heteroatoms. The molecule has 0 radical (unpaired) electrons. The average molecular weight is 378 g/mol. The summed E-state index contributed by atoms with van der Waals surface area (Å²) in [5.41, 5.74) is 2.39. The Bertz CT molecular complexity index is 981. The van der Waals surface area contributed by atoms with E-state index in [1.54, 1.807) is 31.4 Å². The molecule has 0 fully saturated rings. The standard InChI is InChI=1S/C17H16ClN3O3S/c1-24-11-14-10-21(15-6-8-16(9-7-15)25(19,22)23)17(20-14)12-2-4-13(18)5-3-12/h2-10H,11H2,1H3,(H2,19,22,23). The van der Waals surface area contributed by atoms with Crippen LogP contribution >= 0.6 is 11.6 Å². The number of hydrogen-bond acceptors (Lipinski definition) is 4. The highest BCUT2D eigenvalue weighted by Gasteiger charge is 2.13. The van der Waals surface area contributed by atoms with Crippen molar-refractivity contribution in [1.82, 2.24) is 9.55 Å². The van der Waals surface area contributed by atoms with Crippen molar-refractivity contribution >= 4 is 21.6 Å². The molecule has 2 N–H and O–H groups in total. The number of imidazole rings is 1. The molecule has 25 heavy (non-hydrogen) atoms. The quantitative estimate of drug-likeness (QED) is 0.740. The smallest absolute Gasteiger partial charge is 0.238 e. The highest BCUT2D eigenvalue weighted by atomic mass is 35.5. The maximum Gasteiger partial charge on any atom is 0.238 e. The first-order chi connectivity index (χ1) is 11.9. The topological polar surface area (TPSA) is 87.2 Å². The molecule has 0 aliphatic heterocycles. The maximum atomic E-state index is 11.4. The maximum absolute atomic E-state index is 11.4. The molecule has 3 aromatic rings. The minimum Gasteiger partial charge on any atom is -0.378 e. The van der Waals surface area contributed by atoms with Gasteiger partial charge in [0.1, 0.15) is 5.82 Å². The lowest BCUT2D eigenvalue weighted by Gasteiger charge is -2.08. The Hall–Kier alpha value is -2.19. The van der Waals surface area contributed by atoms with Gasteiger partial charge in [0.15, 0.2) is 0 Å². The van der Waals surface area contributed by atoms with Gasteiger partial charge in [0.25, 0.3) is 0 Å². The second-order valence-corrected chi connectivity index (χ2v) is 7.40. The van der Waals surface area contributed by atoms with E-state index in [1.807, 2.05) is 22.9 Å². The highest BCUT2D eigenvalue weighted by Crippen LogP contribution is 2.25. The van der Waals surface area contributed by atoms with Crippen molar-refractivity contribution in [3.63, 3.8) is 0 Å². The Labute approximate surface area is 150 Å². The van der Waals surface area contributed by atoms with Gasteiger partial charge in [0.05, 0.1) is 17.2 Å². The van der Waals surface area contributed by atoms with E-state index in [1.165, 1.54) is 12.1 Å². The van der Waals surface area contributed by atoms with Crippen LogP contribution in [0.1, 0.15) is 5.69 Å². The van der Waals surface area contributed by atoms with E-state index in [2.05, 4.69) is 4.98 Å². The van der Waals surface area contributed by atoms with E-state index in [0.29, 0.717) is 17.5 Å². The average Bonchev–Trinajstić information content (AvgIpc) is 2.99. The summed E-state index contributed by atoms with van der Waals surface area (Å²) in [6.45, 7) is 0.364. The van der Waals surface area contributed by atoms with Crippen LogP contribution in [0.15, 0.2) is 59.6 Å². The molecule has 6 nitrogen and oxygen atoms in total. The number of ether oxygens (including phenoxy) is 1. The fourth-order valence-corrected chi connectivity index (χ4v) is 3.08. The van der Waals surface area contributed by atoms with E-state index >= 15 is 0 Å². The minimum atomic E-state index is -3.73. The van der Waals surface area contributed by atoms with Crippen molar-refractivity contribution in [2.45, 2.75) is 11.5 Å². The molecular weight excluding hydrogens is 362 g/mol. The summed E-state index contributed by atoms with van der Waals surface area (Å²) in [5.74, 6) is 0.701. The zero-order chi connectivity index (χ0) is 18.0. The monoisotopic (exact) mass is 377 g/mol. The van der Waals surface area contributed by atoms with Crippen LogP contribution in [-0.4, -0.2) is 25.1 Å². The minimum absolute atomic E-state index is 0.0570. The van der Waals surface area contributed by atoms with Crippen LogP contribution in [-0.2, 0) is 21.4 Å². The molecule has 0 unspecified atom stereocenters. The van der Waals surface area contributed by atoms with Crippen LogP contribution in [0.2, 0.25) is 5.02 Å². The van der Waals surface area contributed by atoms with E-state index in [0.717, 1.165) is 16.9 Å². The van der Waals surface area contributed by atoms with Crippen molar-refractivity contribution < 1.29 is 13.2 Å². The summed E-state index contributed by atoms with van der Waals surface area (Å²) in [5, 5.41) is 5.78. The molecule has 1 aromatic heterocycles. The van der Waals surface area contributed by atoms with Crippen LogP contribution in [0.25, 0.3) is 17.1 Å². The number of sulfonamides is 1. The number of methoxy groups -OCH3 is 1. The van der Waals surface area contributed by atoms with Crippen molar-refractivity contribution in [2.24, 2.45) is 5.14 Å². The predicted octanol–water partition coefficient (Wildman–Crippen LogP) is 2.99. The molecule has 2 aromatic carbocycles. The lowest BCUT2D eigenvalue weighted by Crippen LogP contribution is -2.12. The van der Waals surface area contributed by atoms with Gasteiger partial charge in [-0.1, -0.05) is 11.6 Å². The summed E-state index contributed by atoms with van der Waals surface area (Å²) < 4.78 is 29.9. The summed E-state index contributed by atoms with van der Waals surface area (Å²) in [4.78, 5) is 4.66. The van der Waals surface area contributed by atoms with Crippen molar-refractivity contribution in [3.8, 4) is 17.1 Å². The highest BCUT2D eigenvalue weighted by molar-refractivity contribution is 7.89. The van der Waals surface area contributed by atoms with Gasteiger partial charge in [0, 0.05) is 29.6 Å². The number of aromatic nitrogens is 2. The molecule has 0 amide bonds. The third kappa shape index (κ3) is 3.91. The molecule has 0 saturated carbocycles. The number of primary sulfonamides is 1. The lowest BCUT2D eigenvalue weighted by molar-refractivity contribution is 0.182. The Balaban J connectivity index is 2.09. The molecule has 0 saturated heterocycles. The Morgan fingerprint density at radius 1 is 1.12 bits per heavy atom. The first-order valence-corrected chi connectivity index (χ1v) is 9.27. The largest absolute Gasteiger partial charge is 0.378 e. The van der Waals surface area contributed by atoms with E-state index in [4.69, 9.17) is 21.5 Å². The van der Waals surface area contributed by atoms with Gasteiger partial charge in [-0.3, -0.25) is 4.57 Å². The van der Waals surface area contributed by atoms with Crippen LogP contribution in [0.3, 0.4) is 0 Å². The number of benzene rings is 2. The Kier molecular flexibility index (Phi) is 4.91. The van der Waals surface area contributed by atoms with Gasteiger partial charge < -0.3 is 4.74 Å². The normalized spacial score (nSPS) is 11.6. The molecular formula is C17H16ClN3O3S. The molecule has 0 atom stereocenters. The molecule has 0 spiro atoms. The Morgan fingerprint density at radius 3 is 2.32 bits per heavy atom. The number of hydrogen-bond donors (Lipinski definition) is 1. The second kappa shape index (κ2) is 6.97. The fourth-order valence-electron chi connectivity index (χ4n) is 2.44. The molecule has 3 rings (SSSR count). The third-order valence-corrected chi connectivity index (χ3v) is 4.78. The zero-order valence-electron chi connectivity index (χ0n) is 13.4. The van der Waals surface area contributed by atoms with Crippen LogP contribution in [0.5, 0.6) is 0 Å². The lowest BCUT2D eigenvalue weighted by atomic mass is 10.2. The fraction of sp³-hybridized carbons (Fsp3) is 0.118. The molecule has 1 heterocycles. The first kappa shape index (κ1) is 17.6. The van der Waals surface area contributed by atoms with Crippen molar-refractivity contribution in [3.05, 3.63) is 65.4 Å². The number of nitrogens with zero attached hydrogens (tertiary/aromatic N) is 2. The van der Waals surface area contributed by atoms with Gasteiger partial charge in [-0.05, 0) is 48.5 Å². The molecule has 130 valence electrons. The number of rotatable bonds is 5. The number of nitrogens with two attached hydrogens (primary N) is 1. The van der Waals surface area contributed by atoms with Gasteiger partial charge in [-0.15, -0.1) is 0 Å². The summed E-state index contributed by atoms with van der Waals surface area (Å²) in [6, 6.07) is 13.6. The zero-order valence-corrected chi connectivity index (χ0v) is 15.0. The second-order valence-electron chi connectivity index (χ2n) is 5.40. The van der Waals surface area contributed by atoms with E-state index in [9.17, 15) is 8.42 Å². The summed E-state index contributed by atoms with van der Waals surface area (Å²) in [6.07, 6.45) is 1.85. The summed E-state index contributed by atoms with van der Waals surface area (Å²) >= 11 is 5.96. The Morgan fingerprint density at radius 2 is 1.76 bits per heavy atom. The number of halogens is 1. The molecule has 0 aliphatic rings. The van der Waals surface area contributed by atoms with Crippen LogP contribution in [0.4, 0.5) is 0 Å². The predicted molar refractivity (Wildman–Crippen MR) is 96.1 cm³/mol. The SMILES string of the molecule is COCc1cn(-c2ccc(S(N)(=O)=O)cc2)c(-c2ccc(Cl)cc2)n1. The van der Waals surface area contributed by atoms with E-state index in [-0.39, 0.29) is 4.90 Å². The summed E-state index contributed by atoms with van der Waals surface area (Å²) in [7, 11) is -2.13. The van der Waals surface area contributed by atoms with Gasteiger partial charge in [-0.25, -0.2) is 18.5 Å². The third-order valence-electron chi connectivity index (χ3n) is 3.59. The van der Waals surface area contributed by atoms with Crippen molar-refractivity contribution in [2.75, 3.05) is 7.11 Å². The van der Waals surface area contributed by atoms with Crippen LogP contribution in [0, 0.1) is 0 Å².